The minimum absolute atomic E-state index is 0.0431. The van der Waals surface area contributed by atoms with Gasteiger partial charge in [0.1, 0.15) is 6.61 Å². The first-order valence-corrected chi connectivity index (χ1v) is 7.03. The lowest BCUT2D eigenvalue weighted by Gasteiger charge is -2.21. The largest absolute Gasteiger partial charge is 0.482 e. The molecular formula is C14H18Cl2N2O3. The smallest absolute Gasteiger partial charge is 0.312 e. The Labute approximate surface area is 134 Å². The van der Waals surface area contributed by atoms with Crippen LogP contribution in [0.25, 0.3) is 0 Å². The van der Waals surface area contributed by atoms with E-state index in [1.165, 1.54) is 12.1 Å². The summed E-state index contributed by atoms with van der Waals surface area (Å²) in [6, 6.07) is 2.52. The molecule has 1 aromatic carbocycles. The summed E-state index contributed by atoms with van der Waals surface area (Å²) in [7, 11) is 0. The Morgan fingerprint density at radius 3 is 2.48 bits per heavy atom. The molecule has 0 aliphatic heterocycles. The van der Waals surface area contributed by atoms with Crippen LogP contribution in [0.1, 0.15) is 20.8 Å². The molecule has 1 rings (SSSR count). The number of ether oxygens (including phenoxy) is 1. The van der Waals surface area contributed by atoms with Crippen LogP contribution in [-0.4, -0.2) is 23.6 Å². The van der Waals surface area contributed by atoms with Gasteiger partial charge in [0.2, 0.25) is 0 Å². The monoisotopic (exact) mass is 332 g/mol. The van der Waals surface area contributed by atoms with Gasteiger partial charge >= 0.3 is 5.69 Å². The minimum atomic E-state index is -0.562. The Kier molecular flexibility index (Phi) is 6.01. The van der Waals surface area contributed by atoms with Crippen LogP contribution in [0, 0.1) is 10.1 Å². The number of nitrogens with one attached hydrogen (secondary N) is 1. The number of rotatable bonds is 6. The zero-order valence-corrected chi connectivity index (χ0v) is 13.7. The highest BCUT2D eigenvalue weighted by Gasteiger charge is 2.19. The lowest BCUT2D eigenvalue weighted by atomic mass is 10.1. The van der Waals surface area contributed by atoms with Crippen molar-refractivity contribution in [1.29, 1.82) is 0 Å². The minimum Gasteiger partial charge on any atom is -0.482 e. The molecule has 0 heterocycles. The van der Waals surface area contributed by atoms with Gasteiger partial charge in [0.15, 0.2) is 5.75 Å². The summed E-state index contributed by atoms with van der Waals surface area (Å²) in [5, 5.41) is 14.6. The lowest BCUT2D eigenvalue weighted by molar-refractivity contribution is -0.385. The summed E-state index contributed by atoms with van der Waals surface area (Å²) in [4.78, 5) is 10.4. The van der Waals surface area contributed by atoms with E-state index in [0.29, 0.717) is 6.54 Å². The molecule has 0 atom stereocenters. The third-order valence-electron chi connectivity index (χ3n) is 2.50. The summed E-state index contributed by atoms with van der Waals surface area (Å²) in [6.45, 7) is 10.7. The number of halogens is 2. The number of hydrogen-bond acceptors (Lipinski definition) is 4. The highest BCUT2D eigenvalue weighted by atomic mass is 35.5. The van der Waals surface area contributed by atoms with Crippen molar-refractivity contribution in [3.63, 3.8) is 0 Å². The van der Waals surface area contributed by atoms with Gasteiger partial charge in [-0.1, -0.05) is 29.8 Å². The third kappa shape index (κ3) is 5.91. The second-order valence-corrected chi connectivity index (χ2v) is 6.45. The van der Waals surface area contributed by atoms with Gasteiger partial charge < -0.3 is 10.1 Å². The zero-order valence-electron chi connectivity index (χ0n) is 12.2. The van der Waals surface area contributed by atoms with Crippen LogP contribution in [0.4, 0.5) is 5.69 Å². The van der Waals surface area contributed by atoms with E-state index >= 15 is 0 Å². The van der Waals surface area contributed by atoms with Crippen LogP contribution in [0.2, 0.25) is 10.0 Å². The van der Waals surface area contributed by atoms with E-state index < -0.39 is 4.92 Å². The molecule has 0 aliphatic carbocycles. The standard InChI is InChI=1S/C14H18Cl2N2O3/c1-9(7-17-14(2,3)4)8-21-13-6-11(16)10(15)5-12(13)18(19)20/h5-6,17H,1,7-8H2,2-4H3. The van der Waals surface area contributed by atoms with Crippen molar-refractivity contribution >= 4 is 28.9 Å². The van der Waals surface area contributed by atoms with Crippen molar-refractivity contribution in [3.8, 4) is 5.75 Å². The van der Waals surface area contributed by atoms with Gasteiger partial charge in [-0.3, -0.25) is 10.1 Å². The zero-order chi connectivity index (χ0) is 16.2. The lowest BCUT2D eigenvalue weighted by Crippen LogP contribution is -2.37. The Morgan fingerprint density at radius 2 is 1.95 bits per heavy atom. The number of benzene rings is 1. The van der Waals surface area contributed by atoms with Gasteiger partial charge in [-0.05, 0) is 26.3 Å². The van der Waals surface area contributed by atoms with E-state index in [1.807, 2.05) is 20.8 Å². The molecule has 21 heavy (non-hydrogen) atoms. The topological polar surface area (TPSA) is 64.4 Å². The fraction of sp³-hybridized carbons (Fsp3) is 0.429. The molecule has 7 heteroatoms. The SMILES string of the molecule is C=C(CNC(C)(C)C)COc1cc(Cl)c(Cl)cc1[N+](=O)[O-]. The van der Waals surface area contributed by atoms with Crippen LogP contribution in [-0.2, 0) is 0 Å². The van der Waals surface area contributed by atoms with Crippen LogP contribution in [0.5, 0.6) is 5.75 Å². The average molecular weight is 333 g/mol. The summed E-state index contributed by atoms with van der Waals surface area (Å²) < 4.78 is 5.44. The molecule has 0 saturated heterocycles. The van der Waals surface area contributed by atoms with Crippen molar-refractivity contribution in [1.82, 2.24) is 5.32 Å². The normalized spacial score (nSPS) is 11.3. The summed E-state index contributed by atoms with van der Waals surface area (Å²) in [5.74, 6) is 0.0753. The molecule has 0 aliphatic rings. The number of nitro groups is 1. The van der Waals surface area contributed by atoms with E-state index in [-0.39, 0.29) is 33.6 Å². The molecule has 1 aromatic rings. The van der Waals surface area contributed by atoms with Gasteiger partial charge in [0.25, 0.3) is 0 Å². The number of hydrogen-bond donors (Lipinski definition) is 1. The average Bonchev–Trinajstić information content (AvgIpc) is 2.36. The van der Waals surface area contributed by atoms with E-state index in [2.05, 4.69) is 11.9 Å². The predicted octanol–water partition coefficient (Wildman–Crippen LogP) is 4.22. The first-order valence-electron chi connectivity index (χ1n) is 6.28. The van der Waals surface area contributed by atoms with Gasteiger partial charge in [0.05, 0.1) is 15.0 Å². The number of nitrogens with zero attached hydrogens (tertiary/aromatic N) is 1. The fourth-order valence-electron chi connectivity index (χ4n) is 1.40. The van der Waals surface area contributed by atoms with Crippen LogP contribution >= 0.6 is 23.2 Å². The second-order valence-electron chi connectivity index (χ2n) is 5.63. The molecular weight excluding hydrogens is 315 g/mol. The van der Waals surface area contributed by atoms with Gasteiger partial charge in [-0.25, -0.2) is 0 Å². The Bertz CT molecular complexity index is 554. The Balaban J connectivity index is 2.73. The molecule has 1 N–H and O–H groups in total. The highest BCUT2D eigenvalue weighted by molar-refractivity contribution is 6.42. The highest BCUT2D eigenvalue weighted by Crippen LogP contribution is 2.35. The third-order valence-corrected chi connectivity index (χ3v) is 3.22. The molecule has 0 unspecified atom stereocenters. The quantitative estimate of drug-likeness (QED) is 0.481. The molecule has 0 amide bonds. The number of nitro benzene ring substituents is 1. The molecule has 0 saturated carbocycles. The first-order chi connectivity index (χ1) is 9.60. The maximum absolute atomic E-state index is 11.0. The maximum Gasteiger partial charge on any atom is 0.312 e. The van der Waals surface area contributed by atoms with Gasteiger partial charge in [0, 0.05) is 24.2 Å². The molecule has 0 spiro atoms. The van der Waals surface area contributed by atoms with E-state index in [0.717, 1.165) is 5.57 Å². The van der Waals surface area contributed by atoms with Gasteiger partial charge in [-0.15, -0.1) is 0 Å². The Hall–Kier alpha value is -1.30. The Morgan fingerprint density at radius 1 is 1.38 bits per heavy atom. The van der Waals surface area contributed by atoms with E-state index in [4.69, 9.17) is 27.9 Å². The molecule has 0 bridgehead atoms. The predicted molar refractivity (Wildman–Crippen MR) is 85.5 cm³/mol. The first kappa shape index (κ1) is 17.8. The van der Waals surface area contributed by atoms with Crippen molar-refractivity contribution in [3.05, 3.63) is 44.4 Å². The fourth-order valence-corrected chi connectivity index (χ4v) is 1.71. The van der Waals surface area contributed by atoms with Crippen LogP contribution in [0.3, 0.4) is 0 Å². The summed E-state index contributed by atoms with van der Waals surface area (Å²) >= 11 is 11.6. The van der Waals surface area contributed by atoms with Crippen molar-refractivity contribution in [2.24, 2.45) is 0 Å². The summed E-state index contributed by atoms with van der Waals surface area (Å²) in [5.41, 5.74) is 0.504. The van der Waals surface area contributed by atoms with Crippen molar-refractivity contribution < 1.29 is 9.66 Å². The van der Waals surface area contributed by atoms with Crippen molar-refractivity contribution in [2.45, 2.75) is 26.3 Å². The van der Waals surface area contributed by atoms with Crippen LogP contribution in [0.15, 0.2) is 24.3 Å². The molecule has 0 radical (unpaired) electrons. The molecule has 0 fully saturated rings. The molecule has 5 nitrogen and oxygen atoms in total. The van der Waals surface area contributed by atoms with Crippen LogP contribution < -0.4 is 10.1 Å². The van der Waals surface area contributed by atoms with E-state index in [9.17, 15) is 10.1 Å². The molecule has 0 aromatic heterocycles. The molecule has 116 valence electrons. The second kappa shape index (κ2) is 7.11. The van der Waals surface area contributed by atoms with E-state index in [1.54, 1.807) is 0 Å². The maximum atomic E-state index is 11.0. The van der Waals surface area contributed by atoms with Crippen molar-refractivity contribution in [2.75, 3.05) is 13.2 Å². The summed E-state index contributed by atoms with van der Waals surface area (Å²) in [6.07, 6.45) is 0. The van der Waals surface area contributed by atoms with Gasteiger partial charge in [-0.2, -0.15) is 0 Å².